The monoisotopic (exact) mass is 492 g/mol. The normalized spacial score (nSPS) is 11.6. The molecule has 0 aliphatic rings. The first kappa shape index (κ1) is 24.7. The quantitative estimate of drug-likeness (QED) is 0.355. The van der Waals surface area contributed by atoms with E-state index in [1.165, 1.54) is 0 Å². The van der Waals surface area contributed by atoms with Crippen LogP contribution in [0.1, 0.15) is 48.4 Å². The van der Waals surface area contributed by atoms with Gasteiger partial charge in [0.25, 0.3) is 0 Å². The second kappa shape index (κ2) is 9.73. The van der Waals surface area contributed by atoms with Crippen molar-refractivity contribution in [1.82, 2.24) is 5.32 Å². The largest absolute Gasteiger partial charge is 0.506 e. The van der Waals surface area contributed by atoms with Crippen molar-refractivity contribution in [3.05, 3.63) is 54.5 Å². The van der Waals surface area contributed by atoms with Crippen molar-refractivity contribution in [3.8, 4) is 11.5 Å². The van der Waals surface area contributed by atoms with E-state index in [2.05, 4.69) is 5.32 Å². The van der Waals surface area contributed by atoms with Gasteiger partial charge in [-0.2, -0.15) is 0 Å². The van der Waals surface area contributed by atoms with E-state index in [-0.39, 0.29) is 28.1 Å². The number of phenols is 2. The molecule has 2 amide bonds. The number of carbonyl (C=O) groups is 1. The minimum atomic E-state index is -1.15. The minimum absolute atomic E-state index is 0.0467. The van der Waals surface area contributed by atoms with Crippen molar-refractivity contribution >= 4 is 52.4 Å². The third kappa shape index (κ3) is 4.54. The number of aromatic hydroxyl groups is 2. The van der Waals surface area contributed by atoms with Gasteiger partial charge in [0.05, 0.1) is 10.0 Å². The van der Waals surface area contributed by atoms with Gasteiger partial charge in [0.15, 0.2) is 0 Å². The summed E-state index contributed by atoms with van der Waals surface area (Å²) in [4.78, 5) is 11.6. The highest BCUT2D eigenvalue weighted by molar-refractivity contribution is 6.37. The Bertz CT molecular complexity index is 916. The number of carbonyl (C=O) groups excluding carboxylic acids is 1. The summed E-state index contributed by atoms with van der Waals surface area (Å²) in [6.45, 7) is 5.31. The zero-order valence-corrected chi connectivity index (χ0v) is 19.9. The summed E-state index contributed by atoms with van der Waals surface area (Å²) in [6, 6.07) is 2.40. The Hall–Kier alpha value is -1.53. The molecule has 5 N–H and O–H groups in total. The highest BCUT2D eigenvalue weighted by Crippen LogP contribution is 2.51. The molecule has 0 spiro atoms. The predicted octanol–water partition coefficient (Wildman–Crippen LogP) is 6.47. The maximum absolute atomic E-state index is 11.6. The Morgan fingerprint density at radius 2 is 1.43 bits per heavy atom. The molecule has 0 saturated carbocycles. The van der Waals surface area contributed by atoms with Crippen LogP contribution < -0.4 is 11.1 Å². The average Bonchev–Trinajstić information content (AvgIpc) is 2.71. The summed E-state index contributed by atoms with van der Waals surface area (Å²) in [5.41, 5.74) is 5.88. The van der Waals surface area contributed by atoms with Gasteiger partial charge in [-0.05, 0) is 43.5 Å². The van der Waals surface area contributed by atoms with Crippen molar-refractivity contribution in [2.75, 3.05) is 6.54 Å². The van der Waals surface area contributed by atoms with Crippen LogP contribution in [-0.2, 0) is 5.41 Å². The maximum Gasteiger partial charge on any atom is 0.312 e. The van der Waals surface area contributed by atoms with Gasteiger partial charge in [0.1, 0.15) is 11.5 Å². The lowest BCUT2D eigenvalue weighted by atomic mass is 9.69. The zero-order valence-electron chi connectivity index (χ0n) is 16.9. The highest BCUT2D eigenvalue weighted by atomic mass is 35.5. The molecule has 9 heteroatoms. The molecule has 2 aromatic carbocycles. The molecule has 0 heterocycles. The molecule has 5 nitrogen and oxygen atoms in total. The van der Waals surface area contributed by atoms with E-state index < -0.39 is 11.4 Å². The molecule has 2 aromatic rings. The summed E-state index contributed by atoms with van der Waals surface area (Å²) in [5, 5.41) is 25.4. The SMILES string of the molecule is CCCCC(CNC(N)=O)(c1cc(Cl)c(C)c(Cl)c1O)c1cc(Cl)c(C)c(Cl)c1O. The Morgan fingerprint density at radius 1 is 1.00 bits per heavy atom. The number of nitrogens with two attached hydrogens (primary N) is 1. The van der Waals surface area contributed by atoms with Gasteiger partial charge in [-0.25, -0.2) is 4.79 Å². The van der Waals surface area contributed by atoms with Gasteiger partial charge in [0, 0.05) is 33.1 Å². The van der Waals surface area contributed by atoms with E-state index in [0.29, 0.717) is 45.1 Å². The van der Waals surface area contributed by atoms with Crippen LogP contribution in [0, 0.1) is 13.8 Å². The summed E-state index contributed by atoms with van der Waals surface area (Å²) in [5.74, 6) is -0.402. The van der Waals surface area contributed by atoms with Crippen LogP contribution >= 0.6 is 46.4 Å². The molecule has 0 fully saturated rings. The fraction of sp³-hybridized carbons (Fsp3) is 0.381. The van der Waals surface area contributed by atoms with Crippen molar-refractivity contribution < 1.29 is 15.0 Å². The number of amides is 2. The number of hydrogen-bond donors (Lipinski definition) is 4. The van der Waals surface area contributed by atoms with Crippen molar-refractivity contribution in [2.24, 2.45) is 5.73 Å². The van der Waals surface area contributed by atoms with Crippen LogP contribution in [0.15, 0.2) is 12.1 Å². The number of phenolic OH excluding ortho intramolecular Hbond substituents is 2. The van der Waals surface area contributed by atoms with Crippen LogP contribution in [0.5, 0.6) is 11.5 Å². The summed E-state index contributed by atoms with van der Waals surface area (Å²) in [6.07, 6.45) is 1.91. The van der Waals surface area contributed by atoms with Crippen LogP contribution in [-0.4, -0.2) is 22.8 Å². The molecular weight excluding hydrogens is 470 g/mol. The molecule has 164 valence electrons. The maximum atomic E-state index is 11.6. The fourth-order valence-corrected chi connectivity index (χ4v) is 4.46. The molecule has 30 heavy (non-hydrogen) atoms. The van der Waals surface area contributed by atoms with Crippen LogP contribution in [0.2, 0.25) is 20.1 Å². The molecular formula is C21H24Cl4N2O3. The molecule has 0 aliphatic carbocycles. The third-order valence-electron chi connectivity index (χ3n) is 5.40. The predicted molar refractivity (Wildman–Crippen MR) is 124 cm³/mol. The number of primary amides is 1. The van der Waals surface area contributed by atoms with Gasteiger partial charge in [-0.15, -0.1) is 0 Å². The number of unbranched alkanes of at least 4 members (excludes halogenated alkanes) is 1. The Balaban J connectivity index is 2.96. The van der Waals surface area contributed by atoms with E-state index in [9.17, 15) is 15.0 Å². The Labute approximate surface area is 196 Å². The second-order valence-corrected chi connectivity index (χ2v) is 8.86. The smallest absolute Gasteiger partial charge is 0.312 e. The number of hydrogen-bond acceptors (Lipinski definition) is 3. The highest BCUT2D eigenvalue weighted by Gasteiger charge is 2.41. The van der Waals surface area contributed by atoms with Crippen molar-refractivity contribution in [1.29, 1.82) is 0 Å². The van der Waals surface area contributed by atoms with E-state index >= 15 is 0 Å². The van der Waals surface area contributed by atoms with E-state index in [0.717, 1.165) is 6.42 Å². The van der Waals surface area contributed by atoms with E-state index in [1.54, 1.807) is 26.0 Å². The summed E-state index contributed by atoms with van der Waals surface area (Å²) >= 11 is 25.5. The molecule has 0 atom stereocenters. The Kier molecular flexibility index (Phi) is 8.03. The fourth-order valence-electron chi connectivity index (χ4n) is 3.55. The van der Waals surface area contributed by atoms with Crippen molar-refractivity contribution in [2.45, 2.75) is 45.4 Å². The van der Waals surface area contributed by atoms with Crippen LogP contribution in [0.25, 0.3) is 0 Å². The molecule has 0 bridgehead atoms. The summed E-state index contributed by atoms with van der Waals surface area (Å²) < 4.78 is 0. The van der Waals surface area contributed by atoms with E-state index in [4.69, 9.17) is 52.1 Å². The topological polar surface area (TPSA) is 95.6 Å². The van der Waals surface area contributed by atoms with Crippen LogP contribution in [0.3, 0.4) is 0 Å². The number of nitrogens with one attached hydrogen (secondary N) is 1. The van der Waals surface area contributed by atoms with E-state index in [1.807, 2.05) is 6.92 Å². The first-order valence-corrected chi connectivity index (χ1v) is 10.9. The molecule has 2 rings (SSSR count). The van der Waals surface area contributed by atoms with Gasteiger partial charge < -0.3 is 21.3 Å². The lowest BCUT2D eigenvalue weighted by Gasteiger charge is -2.37. The third-order valence-corrected chi connectivity index (χ3v) is 7.11. The number of urea groups is 1. The first-order chi connectivity index (χ1) is 14.0. The zero-order chi connectivity index (χ0) is 22.8. The standard InChI is InChI=1S/C21H24Cl4N2O3/c1-4-5-6-21(9-27-20(26)30,12-7-14(22)10(2)16(24)18(12)28)13-8-15(23)11(3)17(25)19(13)29/h7-8,28-29H,4-6,9H2,1-3H3,(H3,26,27,30). The van der Waals surface area contributed by atoms with Gasteiger partial charge in [-0.1, -0.05) is 66.2 Å². The lowest BCUT2D eigenvalue weighted by Crippen LogP contribution is -2.44. The molecule has 0 radical (unpaired) electrons. The van der Waals surface area contributed by atoms with Crippen LogP contribution in [0.4, 0.5) is 4.79 Å². The molecule has 0 aliphatic heterocycles. The number of halogens is 4. The van der Waals surface area contributed by atoms with Gasteiger partial charge in [-0.3, -0.25) is 0 Å². The Morgan fingerprint density at radius 3 is 1.80 bits per heavy atom. The molecule has 0 aromatic heterocycles. The van der Waals surface area contributed by atoms with Gasteiger partial charge in [0.2, 0.25) is 0 Å². The molecule has 0 saturated heterocycles. The minimum Gasteiger partial charge on any atom is -0.506 e. The van der Waals surface area contributed by atoms with Gasteiger partial charge >= 0.3 is 6.03 Å². The molecule has 0 unspecified atom stereocenters. The van der Waals surface area contributed by atoms with Crippen molar-refractivity contribution in [3.63, 3.8) is 0 Å². The number of rotatable bonds is 7. The second-order valence-electron chi connectivity index (χ2n) is 7.29. The lowest BCUT2D eigenvalue weighted by molar-refractivity contribution is 0.245. The number of benzene rings is 2. The average molecular weight is 494 g/mol. The first-order valence-electron chi connectivity index (χ1n) is 9.37. The summed E-state index contributed by atoms with van der Waals surface area (Å²) in [7, 11) is 0.